The second kappa shape index (κ2) is 15.0. The van der Waals surface area contributed by atoms with E-state index in [1.54, 1.807) is 0 Å². The van der Waals surface area contributed by atoms with Crippen LogP contribution in [0.25, 0.3) is 0 Å². The van der Waals surface area contributed by atoms with E-state index in [-0.39, 0.29) is 0 Å². The van der Waals surface area contributed by atoms with E-state index in [9.17, 15) is 0 Å². The van der Waals surface area contributed by atoms with Crippen molar-refractivity contribution in [1.82, 2.24) is 0 Å². The van der Waals surface area contributed by atoms with Gasteiger partial charge in [0.25, 0.3) is 0 Å². The van der Waals surface area contributed by atoms with Crippen molar-refractivity contribution in [3.8, 4) is 0 Å². The van der Waals surface area contributed by atoms with Crippen molar-refractivity contribution in [3.05, 3.63) is 6.42 Å². The quantitative estimate of drug-likeness (QED) is 0.328. The molecule has 96 valence electrons. The summed E-state index contributed by atoms with van der Waals surface area (Å²) in [6.07, 6.45) is 21.4. The van der Waals surface area contributed by atoms with Crippen molar-refractivity contribution in [3.63, 3.8) is 0 Å². The maximum atomic E-state index is 3.55. The van der Waals surface area contributed by atoms with Crippen LogP contribution in [0.5, 0.6) is 0 Å². The Bertz CT molecular complexity index is 92.6. The van der Waals surface area contributed by atoms with Crippen LogP contribution in [0.15, 0.2) is 0 Å². The van der Waals surface area contributed by atoms with Crippen LogP contribution in [0.3, 0.4) is 0 Å². The molecule has 0 saturated carbocycles. The monoisotopic (exact) mass is 224 g/mol. The fourth-order valence-electron chi connectivity index (χ4n) is 2.01. The van der Waals surface area contributed by atoms with Crippen molar-refractivity contribution < 1.29 is 0 Å². The van der Waals surface area contributed by atoms with Crippen molar-refractivity contribution in [2.24, 2.45) is 0 Å². The molecule has 0 aromatic heterocycles. The third-order valence-electron chi connectivity index (χ3n) is 3.16. The van der Waals surface area contributed by atoms with Crippen LogP contribution >= 0.6 is 0 Å². The highest BCUT2D eigenvalue weighted by Gasteiger charge is 1.93. The number of rotatable bonds is 13. The molecule has 16 heavy (non-hydrogen) atoms. The SMILES string of the molecule is CCCCCC[C]CCCCCCCCC. The van der Waals surface area contributed by atoms with Gasteiger partial charge in [-0.15, -0.1) is 0 Å². The van der Waals surface area contributed by atoms with Gasteiger partial charge in [-0.25, -0.2) is 0 Å². The predicted molar refractivity (Wildman–Crippen MR) is 74.6 cm³/mol. The van der Waals surface area contributed by atoms with Gasteiger partial charge in [0.15, 0.2) is 0 Å². The lowest BCUT2D eigenvalue weighted by molar-refractivity contribution is 0.579. The molecule has 0 heteroatoms. The van der Waals surface area contributed by atoms with Crippen LogP contribution in [0, 0.1) is 6.42 Å². The molecule has 0 fully saturated rings. The van der Waals surface area contributed by atoms with E-state index in [0.29, 0.717) is 0 Å². The van der Waals surface area contributed by atoms with Gasteiger partial charge in [0.1, 0.15) is 0 Å². The van der Waals surface area contributed by atoms with E-state index < -0.39 is 0 Å². The minimum atomic E-state index is 1.23. The standard InChI is InChI=1S/C16H32/c1-3-5-7-9-11-13-15-16-14-12-10-8-6-4-2/h3-13,15-16H2,1-2H3. The summed E-state index contributed by atoms with van der Waals surface area (Å²) in [5.41, 5.74) is 0. The average Bonchev–Trinajstić information content (AvgIpc) is 2.31. The first-order chi connectivity index (χ1) is 7.91. The van der Waals surface area contributed by atoms with Gasteiger partial charge in [-0.3, -0.25) is 0 Å². The summed E-state index contributed by atoms with van der Waals surface area (Å²) in [7, 11) is 0. The molecule has 0 atom stereocenters. The van der Waals surface area contributed by atoms with E-state index >= 15 is 0 Å². The van der Waals surface area contributed by atoms with Crippen LogP contribution in [0.4, 0.5) is 0 Å². The van der Waals surface area contributed by atoms with Crippen LogP contribution < -0.4 is 0 Å². The number of hydrogen-bond donors (Lipinski definition) is 0. The Balaban J connectivity index is 2.83. The van der Waals surface area contributed by atoms with E-state index in [2.05, 4.69) is 20.3 Å². The highest BCUT2D eigenvalue weighted by molar-refractivity contribution is 4.64. The maximum Gasteiger partial charge on any atom is -0.0173 e. The van der Waals surface area contributed by atoms with Crippen molar-refractivity contribution >= 4 is 0 Å². The Labute approximate surface area is 104 Å². The molecular weight excluding hydrogens is 192 g/mol. The number of unbranched alkanes of at least 4 members (excludes halogenated alkanes) is 13. The van der Waals surface area contributed by atoms with Gasteiger partial charge in [-0.05, 0) is 19.3 Å². The van der Waals surface area contributed by atoms with Crippen LogP contribution in [0.1, 0.15) is 97.3 Å². The molecule has 0 N–H and O–H groups in total. The molecule has 0 aliphatic carbocycles. The smallest absolute Gasteiger partial charge is 0.0173 e. The van der Waals surface area contributed by atoms with Gasteiger partial charge < -0.3 is 0 Å². The van der Waals surface area contributed by atoms with Crippen molar-refractivity contribution in [2.45, 2.75) is 97.3 Å². The summed E-state index contributed by atoms with van der Waals surface area (Å²) in [6, 6.07) is 0. The molecule has 0 rings (SSSR count). The Morgan fingerprint density at radius 1 is 0.500 bits per heavy atom. The summed E-state index contributed by atoms with van der Waals surface area (Å²) in [5, 5.41) is 0. The largest absolute Gasteiger partial charge is 0.0654 e. The normalized spacial score (nSPS) is 10.9. The van der Waals surface area contributed by atoms with E-state index in [4.69, 9.17) is 0 Å². The zero-order valence-corrected chi connectivity index (χ0v) is 11.7. The van der Waals surface area contributed by atoms with Crippen LogP contribution in [-0.2, 0) is 0 Å². The molecule has 0 saturated heterocycles. The summed E-state index contributed by atoms with van der Waals surface area (Å²) < 4.78 is 0. The molecule has 0 spiro atoms. The number of hydrogen-bond acceptors (Lipinski definition) is 0. The van der Waals surface area contributed by atoms with E-state index in [0.717, 1.165) is 0 Å². The van der Waals surface area contributed by atoms with E-state index in [1.807, 2.05) is 0 Å². The molecule has 0 bridgehead atoms. The molecule has 0 heterocycles. The zero-order valence-electron chi connectivity index (χ0n) is 11.7. The van der Waals surface area contributed by atoms with Gasteiger partial charge in [0.2, 0.25) is 0 Å². The first kappa shape index (κ1) is 16.0. The summed E-state index contributed by atoms with van der Waals surface area (Å²) in [6.45, 7) is 4.55. The lowest BCUT2D eigenvalue weighted by Crippen LogP contribution is -1.83. The fraction of sp³-hybridized carbons (Fsp3) is 0.938. The fourth-order valence-corrected chi connectivity index (χ4v) is 2.01. The molecule has 0 aliphatic rings. The van der Waals surface area contributed by atoms with Gasteiger partial charge in [-0.2, -0.15) is 0 Å². The maximum absolute atomic E-state index is 3.55. The van der Waals surface area contributed by atoms with Crippen molar-refractivity contribution in [1.29, 1.82) is 0 Å². The van der Waals surface area contributed by atoms with Crippen LogP contribution in [-0.4, -0.2) is 0 Å². The highest BCUT2D eigenvalue weighted by atomic mass is 14.0. The van der Waals surface area contributed by atoms with Gasteiger partial charge in [-0.1, -0.05) is 84.5 Å². The summed E-state index contributed by atoms with van der Waals surface area (Å²) >= 11 is 0. The minimum Gasteiger partial charge on any atom is -0.0654 e. The Morgan fingerprint density at radius 3 is 1.38 bits per heavy atom. The molecule has 0 nitrogen and oxygen atoms in total. The molecule has 0 aliphatic heterocycles. The second-order valence-corrected chi connectivity index (χ2v) is 4.93. The lowest BCUT2D eigenvalue weighted by atomic mass is 10.0. The molecular formula is C16H32. The first-order valence-corrected chi connectivity index (χ1v) is 7.62. The van der Waals surface area contributed by atoms with Gasteiger partial charge in [0, 0.05) is 0 Å². The Hall–Kier alpha value is 0. The summed E-state index contributed by atoms with van der Waals surface area (Å²) in [5.74, 6) is 0. The predicted octanol–water partition coefficient (Wildman–Crippen LogP) is 6.18. The third-order valence-corrected chi connectivity index (χ3v) is 3.16. The van der Waals surface area contributed by atoms with Crippen molar-refractivity contribution in [2.75, 3.05) is 0 Å². The Kier molecular flexibility index (Phi) is 15.0. The van der Waals surface area contributed by atoms with Gasteiger partial charge >= 0.3 is 0 Å². The topological polar surface area (TPSA) is 0 Å². The third kappa shape index (κ3) is 14.0. The summed E-state index contributed by atoms with van der Waals surface area (Å²) in [4.78, 5) is 0. The average molecular weight is 224 g/mol. The Morgan fingerprint density at radius 2 is 0.875 bits per heavy atom. The minimum absolute atomic E-state index is 1.23. The molecule has 2 radical (unpaired) electrons. The zero-order chi connectivity index (χ0) is 11.9. The van der Waals surface area contributed by atoms with Gasteiger partial charge in [0.05, 0.1) is 0 Å². The second-order valence-electron chi connectivity index (χ2n) is 4.93. The van der Waals surface area contributed by atoms with Crippen LogP contribution in [0.2, 0.25) is 0 Å². The molecule has 0 aromatic rings. The lowest BCUT2D eigenvalue weighted by Gasteiger charge is -2.01. The molecule has 0 aromatic carbocycles. The van der Waals surface area contributed by atoms with E-state index in [1.165, 1.54) is 83.5 Å². The molecule has 0 amide bonds. The first-order valence-electron chi connectivity index (χ1n) is 7.62. The highest BCUT2D eigenvalue weighted by Crippen LogP contribution is 2.11. The molecule has 0 unspecified atom stereocenters.